The van der Waals surface area contributed by atoms with Gasteiger partial charge in [0.05, 0.1) is 7.11 Å². The van der Waals surface area contributed by atoms with Crippen molar-refractivity contribution in [1.82, 2.24) is 4.57 Å². The Morgan fingerprint density at radius 3 is 2.34 bits per heavy atom. The molecule has 2 fully saturated rings. The predicted molar refractivity (Wildman–Crippen MR) is 153 cm³/mol. The normalized spacial score (nSPS) is 30.5. The Morgan fingerprint density at radius 2 is 1.71 bits per heavy atom. The third-order valence-electron chi connectivity index (χ3n) is 10.2. The van der Waals surface area contributed by atoms with Gasteiger partial charge in [0, 0.05) is 17.0 Å². The first-order valence-corrected chi connectivity index (χ1v) is 17.3. The van der Waals surface area contributed by atoms with E-state index in [1.165, 1.54) is 55.2 Å². The first-order valence-electron chi connectivity index (χ1n) is 14.3. The van der Waals surface area contributed by atoms with Gasteiger partial charge >= 0.3 is 0 Å². The maximum atomic E-state index is 5.61. The minimum absolute atomic E-state index is 0.0501. The lowest BCUT2D eigenvalue weighted by Gasteiger charge is -2.56. The summed E-state index contributed by atoms with van der Waals surface area (Å²) in [5, 5.41) is 0. The molecule has 0 radical (unpaired) electrons. The lowest BCUT2D eigenvalue weighted by atomic mass is 9.76. The van der Waals surface area contributed by atoms with Crippen molar-refractivity contribution in [1.29, 1.82) is 0 Å². The van der Waals surface area contributed by atoms with E-state index in [1.807, 2.05) is 0 Å². The summed E-state index contributed by atoms with van der Waals surface area (Å²) in [5.41, 5.74) is 7.05. The third kappa shape index (κ3) is 4.00. The molecule has 4 unspecified atom stereocenters. The quantitative estimate of drug-likeness (QED) is 0.391. The highest BCUT2D eigenvalue weighted by Crippen LogP contribution is 2.61. The standard InChI is InChI=1S/C32H49NOSi/c1-21-17-22-18-28-27(25-16-15-24(34-7)19-29(25)32(28,5)6)20-26(22)30(21)35(8,9)33(31(2,3)4)23-13-11-10-12-14-23/h15-16,18-23,26,30H,10-14,17H2,1-9H3. The largest absolute Gasteiger partial charge is 0.497 e. The van der Waals surface area contributed by atoms with Crippen LogP contribution in [0, 0.1) is 17.8 Å². The summed E-state index contributed by atoms with van der Waals surface area (Å²) in [6.07, 6.45) is 13.9. The summed E-state index contributed by atoms with van der Waals surface area (Å²) in [6.45, 7) is 20.3. The third-order valence-corrected chi connectivity index (χ3v) is 15.0. The van der Waals surface area contributed by atoms with E-state index in [0.29, 0.717) is 11.8 Å². The summed E-state index contributed by atoms with van der Waals surface area (Å²) < 4.78 is 8.72. The van der Waals surface area contributed by atoms with Crippen molar-refractivity contribution in [3.63, 3.8) is 0 Å². The average Bonchev–Trinajstić information content (AvgIpc) is 3.22. The lowest BCUT2D eigenvalue weighted by molar-refractivity contribution is 0.139. The molecule has 1 aromatic carbocycles. The van der Waals surface area contributed by atoms with Gasteiger partial charge in [0.15, 0.2) is 0 Å². The van der Waals surface area contributed by atoms with Gasteiger partial charge in [0.25, 0.3) is 0 Å². The van der Waals surface area contributed by atoms with Crippen LogP contribution < -0.4 is 4.74 Å². The van der Waals surface area contributed by atoms with Crippen molar-refractivity contribution in [2.75, 3.05) is 7.11 Å². The van der Waals surface area contributed by atoms with Crippen molar-refractivity contribution in [2.45, 2.75) is 116 Å². The van der Waals surface area contributed by atoms with Gasteiger partial charge in [-0.25, -0.2) is 0 Å². The fourth-order valence-corrected chi connectivity index (χ4v) is 15.3. The molecule has 0 saturated heterocycles. The number of ether oxygens (including phenoxy) is 1. The highest BCUT2D eigenvalue weighted by Gasteiger charge is 2.55. The first-order chi connectivity index (χ1) is 16.4. The van der Waals surface area contributed by atoms with E-state index >= 15 is 0 Å². The van der Waals surface area contributed by atoms with Gasteiger partial charge in [-0.15, -0.1) is 0 Å². The summed E-state index contributed by atoms with van der Waals surface area (Å²) in [7, 11) is 0.0431. The van der Waals surface area contributed by atoms with E-state index in [1.54, 1.807) is 12.7 Å². The van der Waals surface area contributed by atoms with E-state index < -0.39 is 8.24 Å². The van der Waals surface area contributed by atoms with Gasteiger partial charge in [-0.2, -0.15) is 0 Å². The van der Waals surface area contributed by atoms with Gasteiger partial charge in [-0.3, -0.25) is 0 Å². The molecule has 4 aliphatic carbocycles. The molecule has 3 heteroatoms. The summed E-state index contributed by atoms with van der Waals surface area (Å²) in [5.74, 6) is 3.11. The predicted octanol–water partition coefficient (Wildman–Crippen LogP) is 8.59. The van der Waals surface area contributed by atoms with Crippen LogP contribution in [-0.2, 0) is 5.41 Å². The lowest BCUT2D eigenvalue weighted by Crippen LogP contribution is -2.65. The Hall–Kier alpha value is -1.32. The van der Waals surface area contributed by atoms with E-state index in [2.05, 4.69) is 89.6 Å². The molecule has 1 aromatic rings. The molecule has 0 amide bonds. The Morgan fingerprint density at radius 1 is 1.03 bits per heavy atom. The first kappa shape index (κ1) is 25.3. The average molecular weight is 492 g/mol. The number of allylic oxidation sites excluding steroid dienone is 4. The van der Waals surface area contributed by atoms with Crippen molar-refractivity contribution < 1.29 is 4.74 Å². The minimum atomic E-state index is -1.74. The molecule has 5 rings (SSSR count). The van der Waals surface area contributed by atoms with Crippen LogP contribution >= 0.6 is 0 Å². The monoisotopic (exact) mass is 491 g/mol. The van der Waals surface area contributed by atoms with Gasteiger partial charge in [0.2, 0.25) is 0 Å². The number of methoxy groups -OCH3 is 1. The molecular formula is C32H49NOSi. The van der Waals surface area contributed by atoms with Gasteiger partial charge in [-0.1, -0.05) is 71.3 Å². The summed E-state index contributed by atoms with van der Waals surface area (Å²) >= 11 is 0. The molecule has 0 aromatic heterocycles. The van der Waals surface area contributed by atoms with Crippen LogP contribution in [0.3, 0.4) is 0 Å². The second kappa shape index (κ2) is 8.62. The van der Waals surface area contributed by atoms with E-state index in [9.17, 15) is 0 Å². The van der Waals surface area contributed by atoms with Gasteiger partial charge in [0.1, 0.15) is 14.0 Å². The van der Waals surface area contributed by atoms with Gasteiger partial charge < -0.3 is 9.30 Å². The van der Waals surface area contributed by atoms with Crippen LogP contribution in [-0.4, -0.2) is 31.5 Å². The van der Waals surface area contributed by atoms with Crippen LogP contribution in [0.2, 0.25) is 18.6 Å². The van der Waals surface area contributed by atoms with Crippen molar-refractivity contribution in [3.05, 3.63) is 47.1 Å². The molecule has 0 N–H and O–H groups in total. The fourth-order valence-electron chi connectivity index (χ4n) is 9.25. The number of nitrogens with zero attached hydrogens (tertiary/aromatic N) is 1. The zero-order chi connectivity index (χ0) is 25.3. The van der Waals surface area contributed by atoms with Crippen molar-refractivity contribution in [3.8, 4) is 5.75 Å². The van der Waals surface area contributed by atoms with Crippen molar-refractivity contribution in [2.24, 2.45) is 17.8 Å². The second-order valence-electron chi connectivity index (χ2n) is 14.2. The number of hydrogen-bond acceptors (Lipinski definition) is 2. The number of fused-ring (bicyclic) bond motifs is 4. The number of benzene rings is 1. The highest BCUT2D eigenvalue weighted by molar-refractivity contribution is 6.76. The topological polar surface area (TPSA) is 12.5 Å². The van der Waals surface area contributed by atoms with E-state index in [0.717, 1.165) is 23.3 Å². The summed E-state index contributed by atoms with van der Waals surface area (Å²) in [4.78, 5) is 0. The maximum absolute atomic E-state index is 5.61. The molecule has 0 heterocycles. The van der Waals surface area contributed by atoms with E-state index in [-0.39, 0.29) is 11.0 Å². The molecule has 35 heavy (non-hydrogen) atoms. The number of rotatable bonds is 4. The maximum Gasteiger partial charge on any atom is 0.127 e. The Bertz CT molecular complexity index is 1040. The molecule has 2 saturated carbocycles. The smallest absolute Gasteiger partial charge is 0.127 e. The molecule has 0 spiro atoms. The van der Waals surface area contributed by atoms with Crippen molar-refractivity contribution >= 4 is 13.8 Å². The van der Waals surface area contributed by atoms with Crippen LogP contribution in [0.5, 0.6) is 5.75 Å². The zero-order valence-corrected chi connectivity index (χ0v) is 24.9. The Balaban J connectivity index is 1.56. The summed E-state index contributed by atoms with van der Waals surface area (Å²) in [6, 6.07) is 7.54. The molecular weight excluding hydrogens is 442 g/mol. The van der Waals surface area contributed by atoms with Crippen LogP contribution in [0.25, 0.3) is 5.57 Å². The Labute approximate surface area is 216 Å². The SMILES string of the molecule is COc1ccc2c(c1)C(C)(C)C1=CC3CC(C)C([Si](C)(C)N(C4CCCCC4)C(C)(C)C)C3C=C12. The van der Waals surface area contributed by atoms with Crippen LogP contribution in [0.15, 0.2) is 35.9 Å². The molecule has 0 bridgehead atoms. The number of hydrogen-bond donors (Lipinski definition) is 0. The molecule has 4 atom stereocenters. The van der Waals surface area contributed by atoms with Crippen LogP contribution in [0.4, 0.5) is 0 Å². The highest BCUT2D eigenvalue weighted by atomic mass is 28.3. The zero-order valence-electron chi connectivity index (χ0n) is 23.9. The van der Waals surface area contributed by atoms with E-state index in [4.69, 9.17) is 4.74 Å². The van der Waals surface area contributed by atoms with Crippen LogP contribution in [0.1, 0.15) is 91.2 Å². The molecule has 0 aliphatic heterocycles. The molecule has 192 valence electrons. The molecule has 2 nitrogen and oxygen atoms in total. The molecule has 4 aliphatic rings. The fraction of sp³-hybridized carbons (Fsp3) is 0.688. The van der Waals surface area contributed by atoms with Gasteiger partial charge in [-0.05, 0) is 97.7 Å². The second-order valence-corrected chi connectivity index (χ2v) is 18.6. The minimum Gasteiger partial charge on any atom is -0.497 e. The Kier molecular flexibility index (Phi) is 6.24.